The number of hydrogen-bond donors (Lipinski definition) is 2. The van der Waals surface area contributed by atoms with Gasteiger partial charge in [-0.05, 0) is 19.1 Å². The Kier molecular flexibility index (Phi) is 4.60. The number of benzene rings is 1. The molecule has 0 saturated carbocycles. The summed E-state index contributed by atoms with van der Waals surface area (Å²) in [5, 5.41) is 6.47. The highest BCUT2D eigenvalue weighted by Gasteiger charge is 2.05. The Morgan fingerprint density at radius 2 is 2.30 bits per heavy atom. The average molecular weight is 275 g/mol. The SMILES string of the molecule is Cc1cc(CNC(=O)CCOc2cccc(N)c2)on1. The number of nitrogen functional groups attached to an aromatic ring is 1. The van der Waals surface area contributed by atoms with Crippen LogP contribution >= 0.6 is 0 Å². The Hall–Kier alpha value is -2.50. The molecule has 20 heavy (non-hydrogen) atoms. The van der Waals surface area contributed by atoms with E-state index < -0.39 is 0 Å². The lowest BCUT2D eigenvalue weighted by atomic mass is 10.3. The molecule has 0 spiro atoms. The third-order valence-electron chi connectivity index (χ3n) is 2.59. The topological polar surface area (TPSA) is 90.4 Å². The van der Waals surface area contributed by atoms with Crippen LogP contribution in [0.2, 0.25) is 0 Å². The summed E-state index contributed by atoms with van der Waals surface area (Å²) < 4.78 is 10.4. The van der Waals surface area contributed by atoms with Gasteiger partial charge < -0.3 is 20.3 Å². The first-order chi connectivity index (χ1) is 9.63. The first-order valence-electron chi connectivity index (χ1n) is 6.31. The molecule has 0 saturated heterocycles. The van der Waals surface area contributed by atoms with Gasteiger partial charge in [-0.1, -0.05) is 11.2 Å². The molecule has 0 aliphatic carbocycles. The number of ether oxygens (including phenoxy) is 1. The van der Waals surface area contributed by atoms with E-state index in [9.17, 15) is 4.79 Å². The smallest absolute Gasteiger partial charge is 0.223 e. The fourth-order valence-electron chi connectivity index (χ4n) is 1.64. The van der Waals surface area contributed by atoms with Crippen LogP contribution in [0.15, 0.2) is 34.9 Å². The van der Waals surface area contributed by atoms with Crippen LogP contribution in [0.5, 0.6) is 5.75 Å². The van der Waals surface area contributed by atoms with Crippen LogP contribution in [0.25, 0.3) is 0 Å². The van der Waals surface area contributed by atoms with Crippen molar-refractivity contribution in [1.29, 1.82) is 0 Å². The van der Waals surface area contributed by atoms with Gasteiger partial charge in [-0.3, -0.25) is 4.79 Å². The number of aromatic nitrogens is 1. The Morgan fingerprint density at radius 1 is 1.45 bits per heavy atom. The van der Waals surface area contributed by atoms with Crippen molar-refractivity contribution in [2.45, 2.75) is 19.9 Å². The van der Waals surface area contributed by atoms with E-state index in [1.807, 2.05) is 6.92 Å². The predicted octanol–water partition coefficient (Wildman–Crippen LogP) is 1.65. The first-order valence-corrected chi connectivity index (χ1v) is 6.31. The van der Waals surface area contributed by atoms with E-state index in [1.165, 1.54) is 0 Å². The molecule has 6 nitrogen and oxygen atoms in total. The Balaban J connectivity index is 1.67. The molecule has 3 N–H and O–H groups in total. The van der Waals surface area contributed by atoms with Crippen LogP contribution in [0.1, 0.15) is 17.9 Å². The highest BCUT2D eigenvalue weighted by Crippen LogP contribution is 2.14. The number of hydrogen-bond acceptors (Lipinski definition) is 5. The first kappa shape index (κ1) is 13.9. The molecule has 1 aromatic heterocycles. The highest BCUT2D eigenvalue weighted by molar-refractivity contribution is 5.75. The number of nitrogens with zero attached hydrogens (tertiary/aromatic N) is 1. The van der Waals surface area contributed by atoms with E-state index in [1.54, 1.807) is 30.3 Å². The highest BCUT2D eigenvalue weighted by atomic mass is 16.5. The summed E-state index contributed by atoms with van der Waals surface area (Å²) in [6.45, 7) is 2.46. The molecule has 106 valence electrons. The van der Waals surface area contributed by atoms with Crippen molar-refractivity contribution < 1.29 is 14.1 Å². The second-order valence-corrected chi connectivity index (χ2v) is 4.38. The lowest BCUT2D eigenvalue weighted by molar-refractivity contribution is -0.121. The summed E-state index contributed by atoms with van der Waals surface area (Å²) in [6, 6.07) is 8.88. The van der Waals surface area contributed by atoms with Gasteiger partial charge in [-0.15, -0.1) is 0 Å². The standard InChI is InChI=1S/C14H17N3O3/c1-10-7-13(20-17-10)9-16-14(18)5-6-19-12-4-2-3-11(15)8-12/h2-4,7-8H,5-6,9,15H2,1H3,(H,16,18). The minimum atomic E-state index is -0.108. The molecule has 0 bridgehead atoms. The third kappa shape index (κ3) is 4.31. The Morgan fingerprint density at radius 3 is 3.00 bits per heavy atom. The van der Waals surface area contributed by atoms with Gasteiger partial charge >= 0.3 is 0 Å². The van der Waals surface area contributed by atoms with Crippen LogP contribution in [-0.4, -0.2) is 17.7 Å². The van der Waals surface area contributed by atoms with Gasteiger partial charge in [-0.2, -0.15) is 0 Å². The van der Waals surface area contributed by atoms with Crippen molar-refractivity contribution in [2.75, 3.05) is 12.3 Å². The molecule has 0 radical (unpaired) electrons. The van der Waals surface area contributed by atoms with Crippen molar-refractivity contribution in [3.8, 4) is 5.75 Å². The molecule has 0 aliphatic heterocycles. The quantitative estimate of drug-likeness (QED) is 0.782. The van der Waals surface area contributed by atoms with Gasteiger partial charge in [0.05, 0.1) is 25.3 Å². The molecular weight excluding hydrogens is 258 g/mol. The molecule has 0 aliphatic rings. The molecule has 6 heteroatoms. The molecule has 0 unspecified atom stereocenters. The van der Waals surface area contributed by atoms with E-state index in [-0.39, 0.29) is 12.3 Å². The van der Waals surface area contributed by atoms with E-state index in [0.717, 1.165) is 5.69 Å². The fourth-order valence-corrected chi connectivity index (χ4v) is 1.64. The summed E-state index contributed by atoms with van der Waals surface area (Å²) in [5.74, 6) is 1.18. The minimum absolute atomic E-state index is 0.108. The van der Waals surface area contributed by atoms with Gasteiger partial charge in [0.15, 0.2) is 5.76 Å². The summed E-state index contributed by atoms with van der Waals surface area (Å²) in [5.41, 5.74) is 7.05. The van der Waals surface area contributed by atoms with E-state index in [4.69, 9.17) is 15.0 Å². The second kappa shape index (κ2) is 6.60. The van der Waals surface area contributed by atoms with E-state index >= 15 is 0 Å². The molecule has 1 amide bonds. The van der Waals surface area contributed by atoms with Gasteiger partial charge in [0, 0.05) is 17.8 Å². The van der Waals surface area contributed by atoms with Gasteiger partial charge in [-0.25, -0.2) is 0 Å². The van der Waals surface area contributed by atoms with Gasteiger partial charge in [0.1, 0.15) is 5.75 Å². The van der Waals surface area contributed by atoms with Gasteiger partial charge in [0.25, 0.3) is 0 Å². The fraction of sp³-hybridized carbons (Fsp3) is 0.286. The van der Waals surface area contributed by atoms with Crippen molar-refractivity contribution >= 4 is 11.6 Å². The summed E-state index contributed by atoms with van der Waals surface area (Å²) in [4.78, 5) is 11.6. The van der Waals surface area contributed by atoms with Crippen LogP contribution < -0.4 is 15.8 Å². The number of nitrogens with one attached hydrogen (secondary N) is 1. The van der Waals surface area contributed by atoms with Crippen LogP contribution in [0.4, 0.5) is 5.69 Å². The number of carbonyl (C=O) groups is 1. The number of aryl methyl sites for hydroxylation is 1. The zero-order chi connectivity index (χ0) is 14.4. The van der Waals surface area contributed by atoms with Crippen LogP contribution in [-0.2, 0) is 11.3 Å². The maximum absolute atomic E-state index is 11.6. The normalized spacial score (nSPS) is 10.2. The largest absolute Gasteiger partial charge is 0.493 e. The second-order valence-electron chi connectivity index (χ2n) is 4.38. The van der Waals surface area contributed by atoms with Crippen LogP contribution in [0.3, 0.4) is 0 Å². The summed E-state index contributed by atoms with van der Waals surface area (Å²) in [7, 11) is 0. The molecule has 1 aromatic carbocycles. The number of anilines is 1. The monoisotopic (exact) mass is 275 g/mol. The Bertz CT molecular complexity index is 581. The molecular formula is C14H17N3O3. The van der Waals surface area contributed by atoms with Crippen molar-refractivity contribution in [3.63, 3.8) is 0 Å². The Labute approximate surface area is 116 Å². The molecule has 0 atom stereocenters. The summed E-state index contributed by atoms with van der Waals surface area (Å²) >= 11 is 0. The van der Waals surface area contributed by atoms with Crippen molar-refractivity contribution in [2.24, 2.45) is 0 Å². The number of amides is 1. The molecule has 1 heterocycles. The number of carbonyl (C=O) groups excluding carboxylic acids is 1. The lowest BCUT2D eigenvalue weighted by Gasteiger charge is -2.06. The number of nitrogens with two attached hydrogens (primary N) is 1. The minimum Gasteiger partial charge on any atom is -0.493 e. The maximum Gasteiger partial charge on any atom is 0.223 e. The van der Waals surface area contributed by atoms with Crippen molar-refractivity contribution in [3.05, 3.63) is 41.8 Å². The zero-order valence-corrected chi connectivity index (χ0v) is 11.3. The number of rotatable bonds is 6. The van der Waals surface area contributed by atoms with E-state index in [2.05, 4.69) is 10.5 Å². The lowest BCUT2D eigenvalue weighted by Crippen LogP contribution is -2.24. The van der Waals surface area contributed by atoms with Crippen LogP contribution in [0, 0.1) is 6.92 Å². The molecule has 0 fully saturated rings. The zero-order valence-electron chi connectivity index (χ0n) is 11.3. The maximum atomic E-state index is 11.6. The predicted molar refractivity (Wildman–Crippen MR) is 74.1 cm³/mol. The van der Waals surface area contributed by atoms with E-state index in [0.29, 0.717) is 30.3 Å². The average Bonchev–Trinajstić information content (AvgIpc) is 2.82. The molecule has 2 aromatic rings. The summed E-state index contributed by atoms with van der Waals surface area (Å²) in [6.07, 6.45) is 0.266. The molecule has 2 rings (SSSR count). The third-order valence-corrected chi connectivity index (χ3v) is 2.59. The van der Waals surface area contributed by atoms with Gasteiger partial charge in [0.2, 0.25) is 5.91 Å². The van der Waals surface area contributed by atoms with Crippen molar-refractivity contribution in [1.82, 2.24) is 10.5 Å².